The quantitative estimate of drug-likeness (QED) is 0.605. The van der Waals surface area contributed by atoms with Gasteiger partial charge in [0.2, 0.25) is 0 Å². The van der Waals surface area contributed by atoms with Crippen LogP contribution in [0.5, 0.6) is 0 Å². The van der Waals surface area contributed by atoms with Crippen LogP contribution in [-0.2, 0) is 4.74 Å². The largest absolute Gasteiger partial charge is 0.390 e. The number of hydrogen-bond acceptors (Lipinski definition) is 3. The van der Waals surface area contributed by atoms with Gasteiger partial charge in [-0.1, -0.05) is 19.8 Å². The van der Waals surface area contributed by atoms with E-state index < -0.39 is 18.3 Å². The highest BCUT2D eigenvalue weighted by atomic mass is 16.5. The second-order valence-electron chi connectivity index (χ2n) is 3.74. The average Bonchev–Trinajstić information content (AvgIpc) is 2.19. The molecule has 0 amide bonds. The van der Waals surface area contributed by atoms with E-state index in [0.29, 0.717) is 0 Å². The first kappa shape index (κ1) is 11.5. The molecule has 1 aliphatic rings. The van der Waals surface area contributed by atoms with Gasteiger partial charge in [-0.25, -0.2) is 0 Å². The van der Waals surface area contributed by atoms with Crippen molar-refractivity contribution in [1.29, 1.82) is 0 Å². The smallest absolute Gasteiger partial charge is 0.146 e. The molecule has 1 fully saturated rings. The predicted octanol–water partition coefficient (Wildman–Crippen LogP) is 0.545. The van der Waals surface area contributed by atoms with E-state index in [2.05, 4.69) is 11.8 Å². The van der Waals surface area contributed by atoms with Gasteiger partial charge in [-0.15, -0.1) is 5.92 Å². The Labute approximate surface area is 85.1 Å². The molecule has 0 spiro atoms. The van der Waals surface area contributed by atoms with Crippen molar-refractivity contribution in [3.05, 3.63) is 0 Å². The minimum Gasteiger partial charge on any atom is -0.390 e. The summed E-state index contributed by atoms with van der Waals surface area (Å²) < 4.78 is 5.59. The van der Waals surface area contributed by atoms with Crippen molar-refractivity contribution in [2.75, 3.05) is 0 Å². The molecule has 0 aromatic rings. The highest BCUT2D eigenvalue weighted by Gasteiger charge is 2.40. The van der Waals surface area contributed by atoms with Crippen molar-refractivity contribution in [1.82, 2.24) is 0 Å². The van der Waals surface area contributed by atoms with Gasteiger partial charge in [0.25, 0.3) is 0 Å². The van der Waals surface area contributed by atoms with E-state index in [1.807, 2.05) is 13.8 Å². The number of ether oxygens (including phenoxy) is 1. The molecule has 1 aliphatic heterocycles. The summed E-state index contributed by atoms with van der Waals surface area (Å²) in [5, 5.41) is 19.4. The zero-order chi connectivity index (χ0) is 10.7. The Balaban J connectivity index is 2.76. The van der Waals surface area contributed by atoms with Crippen LogP contribution in [0, 0.1) is 17.8 Å². The molecule has 0 aromatic heterocycles. The Morgan fingerprint density at radius 1 is 1.29 bits per heavy atom. The van der Waals surface area contributed by atoms with Crippen molar-refractivity contribution < 1.29 is 14.9 Å². The van der Waals surface area contributed by atoms with E-state index in [-0.39, 0.29) is 12.0 Å². The van der Waals surface area contributed by atoms with Crippen LogP contribution in [0.4, 0.5) is 0 Å². The Kier molecular flexibility index (Phi) is 3.94. The highest BCUT2D eigenvalue weighted by molar-refractivity contribution is 5.09. The standard InChI is InChI=1S/C11H18O3/c1-4-6-9-11(13)10(12)7(3)8(5-2)14-9/h7-13H,5H2,1-3H3/t7-,8-,9-,10+,11-/m1/s1. The molecule has 0 aliphatic carbocycles. The number of rotatable bonds is 1. The van der Waals surface area contributed by atoms with Crippen molar-refractivity contribution in [3.63, 3.8) is 0 Å². The molecule has 14 heavy (non-hydrogen) atoms. The second-order valence-corrected chi connectivity index (χ2v) is 3.74. The Bertz CT molecular complexity index is 239. The van der Waals surface area contributed by atoms with Crippen LogP contribution in [0.2, 0.25) is 0 Å². The van der Waals surface area contributed by atoms with E-state index in [0.717, 1.165) is 6.42 Å². The van der Waals surface area contributed by atoms with Gasteiger partial charge in [-0.05, 0) is 13.3 Å². The van der Waals surface area contributed by atoms with E-state index in [9.17, 15) is 10.2 Å². The summed E-state index contributed by atoms with van der Waals surface area (Å²) in [5.41, 5.74) is 0. The lowest BCUT2D eigenvalue weighted by atomic mass is 9.87. The lowest BCUT2D eigenvalue weighted by molar-refractivity contribution is -0.177. The van der Waals surface area contributed by atoms with Crippen LogP contribution in [0.25, 0.3) is 0 Å². The van der Waals surface area contributed by atoms with Crippen molar-refractivity contribution >= 4 is 0 Å². The van der Waals surface area contributed by atoms with Gasteiger partial charge < -0.3 is 14.9 Å². The topological polar surface area (TPSA) is 49.7 Å². The number of aliphatic hydroxyl groups is 2. The lowest BCUT2D eigenvalue weighted by Crippen LogP contribution is -2.52. The lowest BCUT2D eigenvalue weighted by Gasteiger charge is -2.39. The first-order chi connectivity index (χ1) is 6.61. The molecule has 0 bridgehead atoms. The monoisotopic (exact) mass is 198 g/mol. The maximum absolute atomic E-state index is 9.75. The van der Waals surface area contributed by atoms with Crippen molar-refractivity contribution in [2.24, 2.45) is 5.92 Å². The maximum Gasteiger partial charge on any atom is 0.146 e. The van der Waals surface area contributed by atoms with Gasteiger partial charge >= 0.3 is 0 Å². The maximum atomic E-state index is 9.75. The summed E-state index contributed by atoms with van der Waals surface area (Å²) in [5.74, 6) is 5.43. The SMILES string of the molecule is CC#C[C@H]1O[C@H](CC)[C@@H](C)[C@H](O)[C@@H]1O. The van der Waals surface area contributed by atoms with Gasteiger partial charge in [0, 0.05) is 5.92 Å². The summed E-state index contributed by atoms with van der Waals surface area (Å²) in [4.78, 5) is 0. The third-order valence-corrected chi connectivity index (χ3v) is 2.80. The molecule has 0 aromatic carbocycles. The minimum atomic E-state index is -0.889. The van der Waals surface area contributed by atoms with Crippen LogP contribution in [0.3, 0.4) is 0 Å². The fourth-order valence-electron chi connectivity index (χ4n) is 1.83. The Morgan fingerprint density at radius 3 is 2.43 bits per heavy atom. The fourth-order valence-corrected chi connectivity index (χ4v) is 1.83. The summed E-state index contributed by atoms with van der Waals surface area (Å²) in [7, 11) is 0. The van der Waals surface area contributed by atoms with Crippen molar-refractivity contribution in [2.45, 2.75) is 51.6 Å². The third kappa shape index (κ3) is 2.09. The van der Waals surface area contributed by atoms with E-state index in [1.54, 1.807) is 6.92 Å². The van der Waals surface area contributed by atoms with Gasteiger partial charge in [0.05, 0.1) is 12.2 Å². The third-order valence-electron chi connectivity index (χ3n) is 2.80. The summed E-state index contributed by atoms with van der Waals surface area (Å²) >= 11 is 0. The molecule has 3 heteroatoms. The zero-order valence-corrected chi connectivity index (χ0v) is 8.90. The zero-order valence-electron chi connectivity index (χ0n) is 8.90. The molecule has 0 unspecified atom stereocenters. The van der Waals surface area contributed by atoms with Crippen LogP contribution in [-0.4, -0.2) is 34.6 Å². The van der Waals surface area contributed by atoms with E-state index >= 15 is 0 Å². The van der Waals surface area contributed by atoms with Gasteiger partial charge in [0.15, 0.2) is 0 Å². The molecule has 1 heterocycles. The van der Waals surface area contributed by atoms with Crippen molar-refractivity contribution in [3.8, 4) is 11.8 Å². The number of aliphatic hydroxyl groups excluding tert-OH is 2. The first-order valence-corrected chi connectivity index (χ1v) is 5.05. The van der Waals surface area contributed by atoms with Crippen LogP contribution >= 0.6 is 0 Å². The molecule has 1 saturated heterocycles. The molecule has 0 saturated carbocycles. The first-order valence-electron chi connectivity index (χ1n) is 5.05. The van der Waals surface area contributed by atoms with Gasteiger partial charge in [-0.3, -0.25) is 0 Å². The highest BCUT2D eigenvalue weighted by Crippen LogP contribution is 2.27. The van der Waals surface area contributed by atoms with Crippen LogP contribution < -0.4 is 0 Å². The van der Waals surface area contributed by atoms with Gasteiger partial charge in [-0.2, -0.15) is 0 Å². The van der Waals surface area contributed by atoms with Gasteiger partial charge in [0.1, 0.15) is 12.2 Å². The summed E-state index contributed by atoms with van der Waals surface area (Å²) in [6, 6.07) is 0. The molecule has 5 atom stereocenters. The molecule has 3 nitrogen and oxygen atoms in total. The molecule has 1 rings (SSSR count). The van der Waals surface area contributed by atoms with E-state index in [1.165, 1.54) is 0 Å². The average molecular weight is 198 g/mol. The molecule has 80 valence electrons. The van der Waals surface area contributed by atoms with Crippen LogP contribution in [0.15, 0.2) is 0 Å². The number of hydrogen-bond donors (Lipinski definition) is 2. The fraction of sp³-hybridized carbons (Fsp3) is 0.818. The minimum absolute atomic E-state index is 0.0146. The second kappa shape index (κ2) is 4.79. The molecule has 0 radical (unpaired) electrons. The molecule has 2 N–H and O–H groups in total. The molecular weight excluding hydrogens is 180 g/mol. The predicted molar refractivity (Wildman–Crippen MR) is 53.6 cm³/mol. The molecular formula is C11H18O3. The summed E-state index contributed by atoms with van der Waals surface area (Å²) in [6.45, 7) is 5.58. The van der Waals surface area contributed by atoms with Crippen LogP contribution in [0.1, 0.15) is 27.2 Å². The Morgan fingerprint density at radius 2 is 1.93 bits per heavy atom. The summed E-state index contributed by atoms with van der Waals surface area (Å²) in [6.07, 6.45) is -1.36. The normalized spacial score (nSPS) is 42.8. The van der Waals surface area contributed by atoms with E-state index in [4.69, 9.17) is 4.74 Å². The Hall–Kier alpha value is -0.560.